The molecular formula is C17H18FNOS. The van der Waals surface area contributed by atoms with Gasteiger partial charge in [0.1, 0.15) is 5.82 Å². The number of amides is 1. The van der Waals surface area contributed by atoms with E-state index in [1.165, 1.54) is 17.8 Å². The number of carbonyl (C=O) groups excluding carboxylic acids is 1. The van der Waals surface area contributed by atoms with E-state index in [-0.39, 0.29) is 17.0 Å². The van der Waals surface area contributed by atoms with Crippen LogP contribution >= 0.6 is 11.8 Å². The molecule has 1 atom stereocenters. The van der Waals surface area contributed by atoms with Crippen molar-refractivity contribution >= 4 is 17.7 Å². The maximum atomic E-state index is 13.6. The average Bonchev–Trinajstić information content (AvgIpc) is 2.49. The van der Waals surface area contributed by atoms with Crippen molar-refractivity contribution in [1.29, 1.82) is 0 Å². The highest BCUT2D eigenvalue weighted by molar-refractivity contribution is 8.00. The Balaban J connectivity index is 1.97. The Hall–Kier alpha value is -1.81. The van der Waals surface area contributed by atoms with Gasteiger partial charge in [0.05, 0.1) is 5.25 Å². The van der Waals surface area contributed by atoms with Crippen LogP contribution in [-0.4, -0.2) is 23.1 Å². The van der Waals surface area contributed by atoms with Crippen molar-refractivity contribution in [3.8, 4) is 0 Å². The van der Waals surface area contributed by atoms with Gasteiger partial charge in [-0.05, 0) is 24.6 Å². The van der Waals surface area contributed by atoms with Crippen molar-refractivity contribution in [3.05, 3.63) is 66.0 Å². The summed E-state index contributed by atoms with van der Waals surface area (Å²) in [5.41, 5.74) is 1.08. The SMILES string of the molecule is CC(Sc1ccccc1F)C(=O)N(C)Cc1ccccc1. The van der Waals surface area contributed by atoms with E-state index >= 15 is 0 Å². The molecule has 2 nitrogen and oxygen atoms in total. The molecule has 2 aromatic carbocycles. The van der Waals surface area contributed by atoms with Crippen molar-refractivity contribution in [2.75, 3.05) is 7.05 Å². The predicted octanol–water partition coefficient (Wildman–Crippen LogP) is 3.96. The number of hydrogen-bond acceptors (Lipinski definition) is 2. The Morgan fingerprint density at radius 3 is 2.43 bits per heavy atom. The van der Waals surface area contributed by atoms with Crippen LogP contribution in [0.1, 0.15) is 12.5 Å². The van der Waals surface area contributed by atoms with Crippen LogP contribution in [0.4, 0.5) is 4.39 Å². The maximum absolute atomic E-state index is 13.6. The van der Waals surface area contributed by atoms with Crippen LogP contribution in [0.3, 0.4) is 0 Å². The van der Waals surface area contributed by atoms with E-state index in [0.29, 0.717) is 11.4 Å². The minimum Gasteiger partial charge on any atom is -0.340 e. The highest BCUT2D eigenvalue weighted by Crippen LogP contribution is 2.26. The molecule has 2 aromatic rings. The second-order valence-corrected chi connectivity index (χ2v) is 6.25. The van der Waals surface area contributed by atoms with Gasteiger partial charge >= 0.3 is 0 Å². The quantitative estimate of drug-likeness (QED) is 0.779. The number of hydrogen-bond donors (Lipinski definition) is 0. The lowest BCUT2D eigenvalue weighted by Gasteiger charge is -2.21. The van der Waals surface area contributed by atoms with Gasteiger partial charge < -0.3 is 4.90 Å². The van der Waals surface area contributed by atoms with Crippen LogP contribution in [-0.2, 0) is 11.3 Å². The summed E-state index contributed by atoms with van der Waals surface area (Å²) in [6, 6.07) is 16.3. The molecule has 0 bridgehead atoms. The van der Waals surface area contributed by atoms with Crippen molar-refractivity contribution in [3.63, 3.8) is 0 Å². The highest BCUT2D eigenvalue weighted by atomic mass is 32.2. The first-order valence-corrected chi connectivity index (χ1v) is 7.66. The Morgan fingerprint density at radius 1 is 1.14 bits per heavy atom. The standard InChI is InChI=1S/C17H18FNOS/c1-13(21-16-11-7-6-10-15(16)18)17(20)19(2)12-14-8-4-3-5-9-14/h3-11,13H,12H2,1-2H3. The van der Waals surface area contributed by atoms with E-state index in [2.05, 4.69) is 0 Å². The van der Waals surface area contributed by atoms with Crippen LogP contribution in [0.15, 0.2) is 59.5 Å². The molecule has 1 amide bonds. The third-order valence-electron chi connectivity index (χ3n) is 3.13. The molecule has 0 heterocycles. The third-order valence-corrected chi connectivity index (χ3v) is 4.27. The van der Waals surface area contributed by atoms with E-state index in [4.69, 9.17) is 0 Å². The zero-order valence-corrected chi connectivity index (χ0v) is 12.9. The first-order chi connectivity index (χ1) is 10.1. The van der Waals surface area contributed by atoms with Crippen LogP contribution in [0, 0.1) is 5.82 Å². The number of nitrogens with zero attached hydrogens (tertiary/aromatic N) is 1. The fourth-order valence-corrected chi connectivity index (χ4v) is 3.03. The predicted molar refractivity (Wildman–Crippen MR) is 84.6 cm³/mol. The number of thioether (sulfide) groups is 1. The molecule has 4 heteroatoms. The van der Waals surface area contributed by atoms with Gasteiger partial charge in [0.2, 0.25) is 5.91 Å². The normalized spacial score (nSPS) is 12.0. The fraction of sp³-hybridized carbons (Fsp3) is 0.235. The summed E-state index contributed by atoms with van der Waals surface area (Å²) in [5, 5.41) is -0.324. The first kappa shape index (κ1) is 15.6. The molecule has 1 unspecified atom stereocenters. The number of benzene rings is 2. The van der Waals surface area contributed by atoms with E-state index < -0.39 is 0 Å². The second-order valence-electron chi connectivity index (χ2n) is 4.87. The van der Waals surface area contributed by atoms with Crippen molar-refractivity contribution < 1.29 is 9.18 Å². The lowest BCUT2D eigenvalue weighted by atomic mass is 10.2. The minimum atomic E-state index is -0.324. The molecule has 0 spiro atoms. The molecule has 0 saturated carbocycles. The molecule has 0 radical (unpaired) electrons. The van der Waals surface area contributed by atoms with Gasteiger partial charge in [0, 0.05) is 18.5 Å². The largest absolute Gasteiger partial charge is 0.340 e. The number of halogens is 1. The lowest BCUT2D eigenvalue weighted by Crippen LogP contribution is -2.32. The van der Waals surface area contributed by atoms with Crippen LogP contribution < -0.4 is 0 Å². The Morgan fingerprint density at radius 2 is 1.76 bits per heavy atom. The Bertz CT molecular complexity index is 603. The third kappa shape index (κ3) is 4.33. The van der Waals surface area contributed by atoms with E-state index in [0.717, 1.165) is 5.56 Å². The molecule has 0 fully saturated rings. The van der Waals surface area contributed by atoms with Crippen LogP contribution in [0.5, 0.6) is 0 Å². The van der Waals surface area contributed by atoms with Gasteiger partial charge in [0.15, 0.2) is 0 Å². The van der Waals surface area contributed by atoms with E-state index in [9.17, 15) is 9.18 Å². The second kappa shape index (κ2) is 7.27. The van der Waals surface area contributed by atoms with Gasteiger partial charge in [0.25, 0.3) is 0 Å². The summed E-state index contributed by atoms with van der Waals surface area (Å²) in [4.78, 5) is 14.5. The fourth-order valence-electron chi connectivity index (χ4n) is 2.03. The van der Waals surface area contributed by atoms with Gasteiger partial charge in [-0.25, -0.2) is 4.39 Å². The van der Waals surface area contributed by atoms with Gasteiger partial charge in [-0.3, -0.25) is 4.79 Å². The summed E-state index contributed by atoms with van der Waals surface area (Å²) in [6.07, 6.45) is 0. The van der Waals surface area contributed by atoms with Gasteiger partial charge in [-0.1, -0.05) is 42.5 Å². The monoisotopic (exact) mass is 303 g/mol. The highest BCUT2D eigenvalue weighted by Gasteiger charge is 2.19. The van der Waals surface area contributed by atoms with Crippen molar-refractivity contribution in [1.82, 2.24) is 4.90 Å². The molecule has 2 rings (SSSR count). The number of rotatable bonds is 5. The molecule has 0 aliphatic rings. The molecule has 0 N–H and O–H groups in total. The van der Waals surface area contributed by atoms with Gasteiger partial charge in [-0.2, -0.15) is 0 Å². The Kier molecular flexibility index (Phi) is 5.39. The molecule has 0 aliphatic heterocycles. The molecule has 21 heavy (non-hydrogen) atoms. The molecule has 0 aromatic heterocycles. The molecule has 0 aliphatic carbocycles. The summed E-state index contributed by atoms with van der Waals surface area (Å²) in [7, 11) is 1.77. The smallest absolute Gasteiger partial charge is 0.235 e. The van der Waals surface area contributed by atoms with Crippen molar-refractivity contribution in [2.45, 2.75) is 23.6 Å². The summed E-state index contributed by atoms with van der Waals surface area (Å²) in [6.45, 7) is 2.36. The molecule has 110 valence electrons. The van der Waals surface area contributed by atoms with Gasteiger partial charge in [-0.15, -0.1) is 11.8 Å². The van der Waals surface area contributed by atoms with Crippen molar-refractivity contribution in [2.24, 2.45) is 0 Å². The zero-order valence-electron chi connectivity index (χ0n) is 12.1. The summed E-state index contributed by atoms with van der Waals surface area (Å²) in [5.74, 6) is -0.292. The first-order valence-electron chi connectivity index (χ1n) is 6.78. The van der Waals surface area contributed by atoms with Crippen LogP contribution in [0.25, 0.3) is 0 Å². The summed E-state index contributed by atoms with van der Waals surface area (Å²) < 4.78 is 13.6. The number of carbonyl (C=O) groups is 1. The van der Waals surface area contributed by atoms with E-state index in [1.807, 2.05) is 30.3 Å². The minimum absolute atomic E-state index is 0.00731. The van der Waals surface area contributed by atoms with Crippen LogP contribution in [0.2, 0.25) is 0 Å². The zero-order chi connectivity index (χ0) is 15.2. The average molecular weight is 303 g/mol. The maximum Gasteiger partial charge on any atom is 0.235 e. The molecule has 0 saturated heterocycles. The topological polar surface area (TPSA) is 20.3 Å². The molecular weight excluding hydrogens is 285 g/mol. The Labute approximate surface area is 129 Å². The lowest BCUT2D eigenvalue weighted by molar-refractivity contribution is -0.129. The summed E-state index contributed by atoms with van der Waals surface area (Å²) >= 11 is 1.25. The van der Waals surface area contributed by atoms with E-state index in [1.54, 1.807) is 37.1 Å².